The molecular weight excluding hydrogens is 1310 g/mol. The molecule has 10 atom stereocenters. The van der Waals surface area contributed by atoms with E-state index in [0.29, 0.717) is 101 Å². The lowest BCUT2D eigenvalue weighted by atomic mass is 9.68. The predicted octanol–water partition coefficient (Wildman–Crippen LogP) is 16.0. The minimum Gasteiger partial charge on any atom is -0.508 e. The van der Waals surface area contributed by atoms with Gasteiger partial charge < -0.3 is 90.8 Å². The second-order valence-corrected chi connectivity index (χ2v) is 27.2. The molecule has 18 nitrogen and oxygen atoms in total. The van der Waals surface area contributed by atoms with Gasteiger partial charge in [-0.25, -0.2) is 0 Å². The van der Waals surface area contributed by atoms with Crippen LogP contribution in [0.4, 0.5) is 0 Å². The van der Waals surface area contributed by atoms with E-state index in [0.717, 1.165) is 6.07 Å². The summed E-state index contributed by atoms with van der Waals surface area (Å²) in [6.45, 7) is 0. The summed E-state index contributed by atoms with van der Waals surface area (Å²) in [5, 5.41) is 174. The number of rotatable bonds is 12. The fraction of sp³-hybridized carbons (Fsp3) is 0.129. The molecule has 0 saturated carbocycles. The van der Waals surface area contributed by atoms with Gasteiger partial charge in [0, 0.05) is 99.4 Å². The van der Waals surface area contributed by atoms with Crippen molar-refractivity contribution in [3.05, 3.63) is 318 Å². The van der Waals surface area contributed by atoms with Crippen molar-refractivity contribution in [2.75, 3.05) is 0 Å². The molecule has 12 aromatic carbocycles. The Labute approximate surface area is 587 Å². The average molecular weight is 1370 g/mol. The summed E-state index contributed by atoms with van der Waals surface area (Å²) >= 11 is 0. The molecule has 5 aliphatic rings. The lowest BCUT2D eigenvalue weighted by Crippen LogP contribution is -2.21. The maximum atomic E-state index is 13.1. The first-order valence-electron chi connectivity index (χ1n) is 33.4. The van der Waals surface area contributed by atoms with Crippen molar-refractivity contribution >= 4 is 12.2 Å². The molecule has 103 heavy (non-hydrogen) atoms. The normalized spacial score (nSPS) is 20.9. The standard InChI is InChI=1S/C85H64O18/c86-47-14-1-39(2-15-47)3-26-57-75-68(102-83(42-8-20-50(89)21-9-42)72(75)45-27-53(92)31-54(93)28-45)38-69-76(57)73(84(103-69)43-10-22-51(90)23-11-43)46-29-62(96)60(63(97)30-46)36-58-59(32-55(94)34-64(58)98)77-71(41-6-18-49(88)19-7-41)81-70(40-4-16-48(87)17-5-40)74-61(33-56(95)35-65(74)99)78-80-67(37-66(100)79(77)82(80)81)101-85(78)44-12-24-52(91)25-13-44/h1-35,37-38,70-73,77-78,81,83-100H,36H2. The molecule has 18 heteroatoms. The van der Waals surface area contributed by atoms with Crippen LogP contribution in [0.25, 0.3) is 12.2 Å². The van der Waals surface area contributed by atoms with Crippen molar-refractivity contribution < 1.29 is 90.8 Å². The molecule has 0 radical (unpaired) electrons. The van der Waals surface area contributed by atoms with Gasteiger partial charge in [0.2, 0.25) is 0 Å². The number of fused-ring (bicyclic) bond motifs is 4. The van der Waals surface area contributed by atoms with E-state index < -0.39 is 83.4 Å². The van der Waals surface area contributed by atoms with Crippen LogP contribution < -0.4 is 14.2 Å². The molecule has 12 aromatic rings. The number of phenolic OH excluding ortho intramolecular Hbond substituents is 15. The molecule has 3 heterocycles. The molecule has 10 unspecified atom stereocenters. The van der Waals surface area contributed by atoms with E-state index in [1.165, 1.54) is 109 Å². The van der Waals surface area contributed by atoms with Crippen LogP contribution >= 0.6 is 0 Å². The summed E-state index contributed by atoms with van der Waals surface area (Å²) in [6.07, 6.45) is 0.651. The second-order valence-electron chi connectivity index (χ2n) is 27.2. The van der Waals surface area contributed by atoms with Crippen molar-refractivity contribution in [2.24, 2.45) is 0 Å². The first kappa shape index (κ1) is 63.2. The third kappa shape index (κ3) is 10.5. The fourth-order valence-electron chi connectivity index (χ4n) is 17.1. The highest BCUT2D eigenvalue weighted by molar-refractivity contribution is 5.81. The van der Waals surface area contributed by atoms with Crippen LogP contribution in [0.2, 0.25) is 0 Å². The third-order valence-electron chi connectivity index (χ3n) is 21.3. The Balaban J connectivity index is 0.859. The van der Waals surface area contributed by atoms with E-state index in [4.69, 9.17) is 14.2 Å². The van der Waals surface area contributed by atoms with Gasteiger partial charge in [0.25, 0.3) is 0 Å². The van der Waals surface area contributed by atoms with Gasteiger partial charge in [0.1, 0.15) is 122 Å². The fourth-order valence-corrected chi connectivity index (χ4v) is 17.1. The molecule has 0 spiro atoms. The van der Waals surface area contributed by atoms with Crippen LogP contribution in [0.5, 0.6) is 103 Å². The minimum absolute atomic E-state index is 0.00599. The van der Waals surface area contributed by atoms with Crippen molar-refractivity contribution in [1.29, 1.82) is 0 Å². The Morgan fingerprint density at radius 1 is 0.243 bits per heavy atom. The second kappa shape index (κ2) is 24.0. The van der Waals surface area contributed by atoms with Crippen molar-refractivity contribution in [1.82, 2.24) is 0 Å². The number of aromatic hydroxyl groups is 15. The summed E-state index contributed by atoms with van der Waals surface area (Å²) in [5.41, 5.74) is 8.85. The van der Waals surface area contributed by atoms with Crippen molar-refractivity contribution in [3.63, 3.8) is 0 Å². The van der Waals surface area contributed by atoms with Gasteiger partial charge in [-0.1, -0.05) is 84.9 Å². The van der Waals surface area contributed by atoms with E-state index in [-0.39, 0.29) is 91.4 Å². The average Bonchev–Trinajstić information content (AvgIpc) is 1.52. The Morgan fingerprint density at radius 2 is 0.641 bits per heavy atom. The van der Waals surface area contributed by atoms with E-state index in [1.807, 2.05) is 12.2 Å². The highest BCUT2D eigenvalue weighted by atomic mass is 16.5. The topological polar surface area (TPSA) is 331 Å². The summed E-state index contributed by atoms with van der Waals surface area (Å²) in [7, 11) is 0. The monoisotopic (exact) mass is 1370 g/mol. The molecule has 512 valence electrons. The molecular formula is C85H64O18. The lowest BCUT2D eigenvalue weighted by molar-refractivity contribution is 0.212. The minimum atomic E-state index is -1.07. The van der Waals surface area contributed by atoms with Gasteiger partial charge in [-0.3, -0.25) is 0 Å². The van der Waals surface area contributed by atoms with Crippen LogP contribution in [0.3, 0.4) is 0 Å². The molecule has 3 aliphatic heterocycles. The SMILES string of the molecule is Oc1ccc(C=Cc2c3c(cc4c2C(c2cc(O)c(Cc5c(O)cc(O)cc5C5c6c(O)cc7c8c6C(C(c6ccc(O)cc6)c6c(O)cc(O)cc6C8C(c6ccc(O)cc6)O7)C5c5ccc(O)cc5)c(O)c2)C(c2ccc(O)cc2)O4)OC(c2ccc(O)cc2)C3c2cc(O)cc(O)c2)cc1. The molecule has 2 aliphatic carbocycles. The van der Waals surface area contributed by atoms with Gasteiger partial charge in [0.15, 0.2) is 0 Å². The molecule has 0 aromatic heterocycles. The van der Waals surface area contributed by atoms with Crippen LogP contribution in [-0.2, 0) is 6.42 Å². The summed E-state index contributed by atoms with van der Waals surface area (Å²) in [5.74, 6) is -8.21. The molecule has 0 saturated heterocycles. The molecule has 15 N–H and O–H groups in total. The zero-order valence-corrected chi connectivity index (χ0v) is 54.3. The number of ether oxygens (including phenoxy) is 3. The number of phenols is 15. The van der Waals surface area contributed by atoms with Gasteiger partial charge in [-0.05, 0) is 176 Å². The summed E-state index contributed by atoms with van der Waals surface area (Å²) in [6, 6.07) is 54.9. The van der Waals surface area contributed by atoms with Crippen molar-refractivity contribution in [2.45, 2.75) is 66.2 Å². The maximum absolute atomic E-state index is 13.1. The number of hydrogen-bond donors (Lipinski definition) is 15. The van der Waals surface area contributed by atoms with E-state index in [1.54, 1.807) is 97.1 Å². The highest BCUT2D eigenvalue weighted by Gasteiger charge is 2.57. The maximum Gasteiger partial charge on any atom is 0.135 e. The van der Waals surface area contributed by atoms with Gasteiger partial charge in [-0.2, -0.15) is 0 Å². The van der Waals surface area contributed by atoms with Gasteiger partial charge in [0.05, 0.1) is 17.8 Å². The molecule has 0 bridgehead atoms. The Hall–Kier alpha value is -13.2. The Kier molecular flexibility index (Phi) is 14.7. The number of hydrogen-bond acceptors (Lipinski definition) is 18. The molecule has 0 fully saturated rings. The third-order valence-corrected chi connectivity index (χ3v) is 21.3. The van der Waals surface area contributed by atoms with Crippen LogP contribution in [-0.4, -0.2) is 76.6 Å². The van der Waals surface area contributed by atoms with Crippen molar-refractivity contribution in [3.8, 4) is 103 Å². The summed E-state index contributed by atoms with van der Waals surface area (Å²) < 4.78 is 21.0. The van der Waals surface area contributed by atoms with E-state index in [9.17, 15) is 76.6 Å². The summed E-state index contributed by atoms with van der Waals surface area (Å²) in [4.78, 5) is 0. The predicted molar refractivity (Wildman–Crippen MR) is 379 cm³/mol. The number of benzene rings is 12. The highest BCUT2D eigenvalue weighted by Crippen LogP contribution is 2.72. The largest absolute Gasteiger partial charge is 0.508 e. The first-order valence-corrected chi connectivity index (χ1v) is 33.4. The lowest BCUT2D eigenvalue weighted by Gasteiger charge is -2.34. The van der Waals surface area contributed by atoms with E-state index in [2.05, 4.69) is 0 Å². The van der Waals surface area contributed by atoms with Gasteiger partial charge >= 0.3 is 0 Å². The zero-order chi connectivity index (χ0) is 71.1. The van der Waals surface area contributed by atoms with Gasteiger partial charge in [-0.15, -0.1) is 0 Å². The molecule has 0 amide bonds. The van der Waals surface area contributed by atoms with Crippen LogP contribution in [0, 0.1) is 0 Å². The Morgan fingerprint density at radius 3 is 1.15 bits per heavy atom. The van der Waals surface area contributed by atoms with E-state index >= 15 is 0 Å². The van der Waals surface area contributed by atoms with Crippen LogP contribution in [0.1, 0.15) is 165 Å². The Bertz CT molecular complexity index is 5400. The quantitative estimate of drug-likeness (QED) is 0.0505. The van der Waals surface area contributed by atoms with Crippen LogP contribution in [0.15, 0.2) is 212 Å². The zero-order valence-electron chi connectivity index (χ0n) is 54.3. The first-order chi connectivity index (χ1) is 49.7. The molecule has 17 rings (SSSR count). The smallest absolute Gasteiger partial charge is 0.135 e.